The molecule has 3 heterocycles. The minimum Gasteiger partial charge on any atom is -0.313 e. The topological polar surface area (TPSA) is 113 Å². The van der Waals surface area contributed by atoms with Gasteiger partial charge in [0.2, 0.25) is 17.6 Å². The van der Waals surface area contributed by atoms with Crippen LogP contribution in [0.3, 0.4) is 0 Å². The van der Waals surface area contributed by atoms with Gasteiger partial charge < -0.3 is 9.42 Å². The summed E-state index contributed by atoms with van der Waals surface area (Å²) in [6.45, 7) is 2.37. The van der Waals surface area contributed by atoms with Crippen molar-refractivity contribution in [2.45, 2.75) is 19.8 Å². The molecule has 3 aromatic rings. The summed E-state index contributed by atoms with van der Waals surface area (Å²) in [5.74, 6) is -0.465. The number of hydrazine groups is 1. The Kier molecular flexibility index (Phi) is 5.19. The first-order valence-corrected chi connectivity index (χ1v) is 9.34. The van der Waals surface area contributed by atoms with Crippen molar-refractivity contribution in [2.75, 3.05) is 16.9 Å². The number of para-hydroxylation sites is 1. The van der Waals surface area contributed by atoms with Crippen LogP contribution in [0.25, 0.3) is 11.4 Å². The molecule has 1 aliphatic rings. The molecule has 29 heavy (non-hydrogen) atoms. The number of rotatable bonds is 6. The zero-order valence-electron chi connectivity index (χ0n) is 15.8. The summed E-state index contributed by atoms with van der Waals surface area (Å²) in [6.07, 6.45) is 4.22. The second-order valence-corrected chi connectivity index (χ2v) is 6.66. The smallest absolute Gasteiger partial charge is 0.313 e. The number of nitrogens with zero attached hydrogens (tertiary/aromatic N) is 4. The maximum atomic E-state index is 12.5. The maximum absolute atomic E-state index is 12.5. The van der Waals surface area contributed by atoms with Crippen LogP contribution >= 0.6 is 0 Å². The molecule has 9 heteroatoms. The van der Waals surface area contributed by atoms with E-state index in [0.29, 0.717) is 12.4 Å². The lowest BCUT2D eigenvalue weighted by Gasteiger charge is -2.19. The Balaban J connectivity index is 1.37. The van der Waals surface area contributed by atoms with E-state index >= 15 is 0 Å². The van der Waals surface area contributed by atoms with Gasteiger partial charge >= 0.3 is 6.01 Å². The van der Waals surface area contributed by atoms with Gasteiger partial charge in [-0.3, -0.25) is 20.0 Å². The first-order valence-electron chi connectivity index (χ1n) is 9.34. The quantitative estimate of drug-likeness (QED) is 0.618. The van der Waals surface area contributed by atoms with E-state index in [0.717, 1.165) is 23.2 Å². The number of carbonyl (C=O) groups excluding carboxylic acids is 2. The van der Waals surface area contributed by atoms with Crippen LogP contribution in [0, 0.1) is 5.92 Å². The van der Waals surface area contributed by atoms with Gasteiger partial charge in [0.25, 0.3) is 0 Å². The van der Waals surface area contributed by atoms with E-state index in [4.69, 9.17) is 4.52 Å². The largest absolute Gasteiger partial charge is 0.340 e. The van der Waals surface area contributed by atoms with Crippen LogP contribution < -0.4 is 15.8 Å². The van der Waals surface area contributed by atoms with E-state index in [1.165, 1.54) is 0 Å². The molecule has 0 radical (unpaired) electrons. The van der Waals surface area contributed by atoms with E-state index in [-0.39, 0.29) is 24.2 Å². The molecule has 0 spiro atoms. The molecule has 1 fully saturated rings. The minimum absolute atomic E-state index is 0.0580. The van der Waals surface area contributed by atoms with Crippen LogP contribution in [0.5, 0.6) is 0 Å². The van der Waals surface area contributed by atoms with Gasteiger partial charge in [0.05, 0.1) is 5.92 Å². The fourth-order valence-corrected chi connectivity index (χ4v) is 3.30. The summed E-state index contributed by atoms with van der Waals surface area (Å²) in [5, 5.41) is 3.85. The minimum atomic E-state index is -0.470. The van der Waals surface area contributed by atoms with E-state index in [1.807, 2.05) is 31.2 Å². The molecule has 9 nitrogen and oxygen atoms in total. The Bertz CT molecular complexity index is 1020. The Morgan fingerprint density at radius 3 is 2.83 bits per heavy atom. The zero-order valence-corrected chi connectivity index (χ0v) is 15.8. The van der Waals surface area contributed by atoms with Crippen molar-refractivity contribution in [3.8, 4) is 11.4 Å². The Labute approximate surface area is 167 Å². The van der Waals surface area contributed by atoms with Crippen molar-refractivity contribution in [2.24, 2.45) is 5.92 Å². The van der Waals surface area contributed by atoms with E-state index in [2.05, 4.69) is 26.0 Å². The van der Waals surface area contributed by atoms with Crippen LogP contribution in [0.1, 0.15) is 18.9 Å². The van der Waals surface area contributed by atoms with E-state index in [9.17, 15) is 9.59 Å². The van der Waals surface area contributed by atoms with Crippen molar-refractivity contribution in [3.05, 3.63) is 54.4 Å². The van der Waals surface area contributed by atoms with Crippen LogP contribution in [0.4, 0.5) is 11.7 Å². The lowest BCUT2D eigenvalue weighted by Crippen LogP contribution is -2.36. The first-order chi connectivity index (χ1) is 14.2. The van der Waals surface area contributed by atoms with Gasteiger partial charge in [-0.25, -0.2) is 5.43 Å². The standard InChI is InChI=1S/C20H20N6O3/c1-2-13-5-3-4-6-16(13)26-12-15(11-17(26)27)19(28)23-24-20-22-18(25-29-20)14-7-9-21-10-8-14/h3-10,15H,2,11-12H2,1H3,(H,23,28)(H,22,24,25). The number of carbonyl (C=O) groups is 2. The molecule has 1 aliphatic heterocycles. The number of aromatic nitrogens is 3. The second kappa shape index (κ2) is 8.09. The van der Waals surface area contributed by atoms with Crippen molar-refractivity contribution >= 4 is 23.5 Å². The van der Waals surface area contributed by atoms with E-state index < -0.39 is 5.92 Å². The monoisotopic (exact) mass is 392 g/mol. The average molecular weight is 392 g/mol. The highest BCUT2D eigenvalue weighted by molar-refractivity contribution is 6.00. The second-order valence-electron chi connectivity index (χ2n) is 6.66. The third-order valence-electron chi connectivity index (χ3n) is 4.82. The number of nitrogens with one attached hydrogen (secondary N) is 2. The Hall–Kier alpha value is -3.75. The third-order valence-corrected chi connectivity index (χ3v) is 4.82. The molecule has 2 aromatic heterocycles. The summed E-state index contributed by atoms with van der Waals surface area (Å²) in [5.41, 5.74) is 7.86. The van der Waals surface area contributed by atoms with Crippen molar-refractivity contribution < 1.29 is 14.1 Å². The number of hydrogen-bond donors (Lipinski definition) is 2. The number of aryl methyl sites for hydroxylation is 1. The molecule has 0 aliphatic carbocycles. The highest BCUT2D eigenvalue weighted by Crippen LogP contribution is 2.28. The number of benzene rings is 1. The molecule has 0 saturated carbocycles. The highest BCUT2D eigenvalue weighted by Gasteiger charge is 2.35. The summed E-state index contributed by atoms with van der Waals surface area (Å²) in [4.78, 5) is 34.8. The lowest BCUT2D eigenvalue weighted by atomic mass is 10.1. The van der Waals surface area contributed by atoms with Gasteiger partial charge in [0.15, 0.2) is 0 Å². The van der Waals surface area contributed by atoms with Gasteiger partial charge in [0, 0.05) is 36.6 Å². The molecular formula is C20H20N6O3. The van der Waals surface area contributed by atoms with Crippen LogP contribution in [-0.2, 0) is 16.0 Å². The van der Waals surface area contributed by atoms with Gasteiger partial charge in [-0.2, -0.15) is 4.98 Å². The summed E-state index contributed by atoms with van der Waals surface area (Å²) in [7, 11) is 0. The predicted molar refractivity (Wildman–Crippen MR) is 106 cm³/mol. The number of amides is 2. The molecule has 1 saturated heterocycles. The van der Waals surface area contributed by atoms with Crippen molar-refractivity contribution in [1.82, 2.24) is 20.6 Å². The van der Waals surface area contributed by atoms with Gasteiger partial charge in [-0.05, 0) is 30.2 Å². The summed E-state index contributed by atoms with van der Waals surface area (Å²) < 4.78 is 5.09. The molecule has 1 unspecified atom stereocenters. The van der Waals surface area contributed by atoms with E-state index in [1.54, 1.807) is 29.4 Å². The lowest BCUT2D eigenvalue weighted by molar-refractivity contribution is -0.125. The fraction of sp³-hybridized carbons (Fsp3) is 0.250. The fourth-order valence-electron chi connectivity index (χ4n) is 3.30. The zero-order chi connectivity index (χ0) is 20.2. The van der Waals surface area contributed by atoms with Gasteiger partial charge in [0.1, 0.15) is 0 Å². The predicted octanol–water partition coefficient (Wildman–Crippen LogP) is 2.19. The SMILES string of the molecule is CCc1ccccc1N1CC(C(=O)NNc2nc(-c3ccncc3)no2)CC1=O. The molecular weight excluding hydrogens is 372 g/mol. The molecule has 2 amide bonds. The summed E-state index contributed by atoms with van der Waals surface area (Å²) in [6, 6.07) is 11.3. The maximum Gasteiger partial charge on any atom is 0.340 e. The van der Waals surface area contributed by atoms with Crippen LogP contribution in [0.2, 0.25) is 0 Å². The van der Waals surface area contributed by atoms with Crippen molar-refractivity contribution in [3.63, 3.8) is 0 Å². The van der Waals surface area contributed by atoms with Gasteiger partial charge in [-0.15, -0.1) is 0 Å². The Morgan fingerprint density at radius 2 is 2.03 bits per heavy atom. The van der Waals surface area contributed by atoms with Gasteiger partial charge in [-0.1, -0.05) is 30.3 Å². The number of hydrogen-bond acceptors (Lipinski definition) is 7. The van der Waals surface area contributed by atoms with Crippen LogP contribution in [0.15, 0.2) is 53.3 Å². The molecule has 148 valence electrons. The molecule has 0 bridgehead atoms. The molecule has 1 aromatic carbocycles. The summed E-state index contributed by atoms with van der Waals surface area (Å²) >= 11 is 0. The average Bonchev–Trinajstić information content (AvgIpc) is 3.39. The normalized spacial score (nSPS) is 16.1. The number of pyridine rings is 1. The Morgan fingerprint density at radius 1 is 1.24 bits per heavy atom. The highest BCUT2D eigenvalue weighted by atomic mass is 16.5. The first kappa shape index (κ1) is 18.6. The molecule has 2 N–H and O–H groups in total. The van der Waals surface area contributed by atoms with Crippen LogP contribution in [-0.4, -0.2) is 33.5 Å². The van der Waals surface area contributed by atoms with Crippen molar-refractivity contribution in [1.29, 1.82) is 0 Å². The third kappa shape index (κ3) is 3.93. The molecule has 1 atom stereocenters. The number of anilines is 2. The molecule has 4 rings (SSSR count).